The van der Waals surface area contributed by atoms with Crippen LogP contribution < -0.4 is 10.0 Å². The number of amides is 2. The first-order chi connectivity index (χ1) is 6.33. The number of hydrogen-bond acceptors (Lipinski definition) is 2. The van der Waals surface area contributed by atoms with Gasteiger partial charge in [-0.25, -0.2) is 4.79 Å². The minimum absolute atomic E-state index is 0.156. The predicted molar refractivity (Wildman–Crippen MR) is 55.3 cm³/mol. The molecule has 0 radical (unpaired) electrons. The van der Waals surface area contributed by atoms with Gasteiger partial charge in [-0.2, -0.15) is 0 Å². The lowest BCUT2D eigenvalue weighted by Crippen LogP contribution is -2.30. The van der Waals surface area contributed by atoms with E-state index in [9.17, 15) is 4.79 Å². The number of carbonyl (C=O) groups excluding carboxylic acids is 1. The third-order valence-electron chi connectivity index (χ3n) is 1.49. The van der Waals surface area contributed by atoms with Crippen LogP contribution in [0.15, 0.2) is 30.3 Å². The monoisotopic (exact) mass is 196 g/mol. The molecular weight excluding hydrogens is 184 g/mol. The molecule has 2 amide bonds. The SMILES string of the molecule is CSNC(=O)NCc1ccccc1. The van der Waals surface area contributed by atoms with E-state index >= 15 is 0 Å². The number of nitrogens with one attached hydrogen (secondary N) is 2. The molecule has 13 heavy (non-hydrogen) atoms. The molecule has 0 bridgehead atoms. The van der Waals surface area contributed by atoms with Gasteiger partial charge in [-0.1, -0.05) is 42.3 Å². The summed E-state index contributed by atoms with van der Waals surface area (Å²) in [5, 5.41) is 2.73. The molecule has 0 saturated carbocycles. The first-order valence-corrected chi connectivity index (χ1v) is 5.16. The van der Waals surface area contributed by atoms with Crippen LogP contribution in [-0.4, -0.2) is 12.3 Å². The Balaban J connectivity index is 2.31. The second kappa shape index (κ2) is 5.48. The molecule has 4 heteroatoms. The van der Waals surface area contributed by atoms with E-state index in [0.717, 1.165) is 5.56 Å². The van der Waals surface area contributed by atoms with E-state index in [1.165, 1.54) is 11.9 Å². The standard InChI is InChI=1S/C9H12N2OS/c1-13-11-9(12)10-7-8-5-3-2-4-6-8/h2-6H,7H2,1H3,(H2,10,11,12). The van der Waals surface area contributed by atoms with E-state index in [1.54, 1.807) is 0 Å². The molecule has 1 aromatic rings. The molecular formula is C9H12N2OS. The molecule has 0 atom stereocenters. The fourth-order valence-corrected chi connectivity index (χ4v) is 1.16. The predicted octanol–water partition coefficient (Wildman–Crippen LogP) is 1.76. The van der Waals surface area contributed by atoms with Crippen LogP contribution in [0.25, 0.3) is 0 Å². The molecule has 0 saturated heterocycles. The largest absolute Gasteiger partial charge is 0.333 e. The van der Waals surface area contributed by atoms with Crippen molar-refractivity contribution in [1.29, 1.82) is 0 Å². The van der Waals surface area contributed by atoms with E-state index in [1.807, 2.05) is 36.6 Å². The zero-order valence-electron chi connectivity index (χ0n) is 7.41. The van der Waals surface area contributed by atoms with E-state index in [2.05, 4.69) is 10.0 Å². The lowest BCUT2D eigenvalue weighted by Gasteiger charge is -2.04. The van der Waals surface area contributed by atoms with Crippen molar-refractivity contribution < 1.29 is 4.79 Å². The maximum atomic E-state index is 11.0. The Labute approximate surface area is 82.0 Å². The summed E-state index contributed by atoms with van der Waals surface area (Å²) in [6.07, 6.45) is 1.81. The smallest absolute Gasteiger partial charge is 0.325 e. The molecule has 0 unspecified atom stereocenters. The van der Waals surface area contributed by atoms with Crippen molar-refractivity contribution in [3.05, 3.63) is 35.9 Å². The van der Waals surface area contributed by atoms with Crippen molar-refractivity contribution in [2.24, 2.45) is 0 Å². The van der Waals surface area contributed by atoms with Gasteiger partial charge in [0.2, 0.25) is 0 Å². The zero-order chi connectivity index (χ0) is 9.52. The molecule has 1 aromatic carbocycles. The highest BCUT2D eigenvalue weighted by molar-refractivity contribution is 7.97. The summed E-state index contributed by atoms with van der Waals surface area (Å²) in [6.45, 7) is 0.563. The van der Waals surface area contributed by atoms with E-state index in [4.69, 9.17) is 0 Å². The number of urea groups is 1. The first kappa shape index (κ1) is 9.92. The van der Waals surface area contributed by atoms with Crippen LogP contribution in [0.5, 0.6) is 0 Å². The van der Waals surface area contributed by atoms with Gasteiger partial charge in [0.25, 0.3) is 0 Å². The second-order valence-corrected chi connectivity index (χ2v) is 3.09. The van der Waals surface area contributed by atoms with Crippen molar-refractivity contribution in [3.63, 3.8) is 0 Å². The lowest BCUT2D eigenvalue weighted by atomic mass is 10.2. The minimum Gasteiger partial charge on any atom is -0.333 e. The van der Waals surface area contributed by atoms with Gasteiger partial charge in [0.1, 0.15) is 0 Å². The van der Waals surface area contributed by atoms with Crippen LogP contribution in [-0.2, 0) is 6.54 Å². The van der Waals surface area contributed by atoms with Crippen molar-refractivity contribution in [2.75, 3.05) is 6.26 Å². The van der Waals surface area contributed by atoms with Crippen LogP contribution in [0.1, 0.15) is 5.56 Å². The molecule has 0 aliphatic carbocycles. The van der Waals surface area contributed by atoms with Crippen LogP contribution in [0.4, 0.5) is 4.79 Å². The van der Waals surface area contributed by atoms with Gasteiger partial charge < -0.3 is 5.32 Å². The maximum Gasteiger partial charge on any atom is 0.325 e. The van der Waals surface area contributed by atoms with E-state index in [0.29, 0.717) is 6.54 Å². The van der Waals surface area contributed by atoms with E-state index in [-0.39, 0.29) is 6.03 Å². The maximum absolute atomic E-state index is 11.0. The third kappa shape index (κ3) is 3.85. The molecule has 2 N–H and O–H groups in total. The van der Waals surface area contributed by atoms with Gasteiger partial charge in [0, 0.05) is 12.8 Å². The Morgan fingerprint density at radius 2 is 2.08 bits per heavy atom. The van der Waals surface area contributed by atoms with Crippen LogP contribution >= 0.6 is 11.9 Å². The molecule has 0 fully saturated rings. The minimum atomic E-state index is -0.156. The van der Waals surface area contributed by atoms with Gasteiger partial charge in [-0.3, -0.25) is 4.72 Å². The quantitative estimate of drug-likeness (QED) is 0.723. The van der Waals surface area contributed by atoms with Gasteiger partial charge in [0.15, 0.2) is 0 Å². The van der Waals surface area contributed by atoms with Gasteiger partial charge in [0.05, 0.1) is 0 Å². The highest BCUT2D eigenvalue weighted by Crippen LogP contribution is 1.96. The molecule has 3 nitrogen and oxygen atoms in total. The zero-order valence-corrected chi connectivity index (χ0v) is 8.23. The Kier molecular flexibility index (Phi) is 4.18. The molecule has 0 aliphatic rings. The summed E-state index contributed by atoms with van der Waals surface area (Å²) in [7, 11) is 0. The van der Waals surface area contributed by atoms with Crippen molar-refractivity contribution in [3.8, 4) is 0 Å². The summed E-state index contributed by atoms with van der Waals surface area (Å²) >= 11 is 1.28. The van der Waals surface area contributed by atoms with Gasteiger partial charge in [-0.15, -0.1) is 0 Å². The second-order valence-electron chi connectivity index (χ2n) is 2.47. The summed E-state index contributed by atoms with van der Waals surface area (Å²) in [5.41, 5.74) is 1.10. The van der Waals surface area contributed by atoms with E-state index < -0.39 is 0 Å². The van der Waals surface area contributed by atoms with Crippen LogP contribution in [0, 0.1) is 0 Å². The fraction of sp³-hybridized carbons (Fsp3) is 0.222. The first-order valence-electron chi connectivity index (χ1n) is 3.93. The molecule has 0 aliphatic heterocycles. The molecule has 1 rings (SSSR count). The molecule has 70 valence electrons. The number of benzene rings is 1. The highest BCUT2D eigenvalue weighted by atomic mass is 32.2. The Morgan fingerprint density at radius 3 is 2.69 bits per heavy atom. The summed E-state index contributed by atoms with van der Waals surface area (Å²) in [4.78, 5) is 11.0. The Bertz CT molecular complexity index is 264. The summed E-state index contributed by atoms with van der Waals surface area (Å²) < 4.78 is 2.58. The normalized spacial score (nSPS) is 9.31. The van der Waals surface area contributed by atoms with Crippen LogP contribution in [0.3, 0.4) is 0 Å². The molecule has 0 spiro atoms. The Morgan fingerprint density at radius 1 is 1.38 bits per heavy atom. The van der Waals surface area contributed by atoms with Crippen molar-refractivity contribution >= 4 is 18.0 Å². The Hall–Kier alpha value is -1.16. The van der Waals surface area contributed by atoms with Crippen LogP contribution in [0.2, 0.25) is 0 Å². The number of carbonyl (C=O) groups is 1. The third-order valence-corrected chi connectivity index (χ3v) is 1.88. The molecule has 0 aromatic heterocycles. The fourth-order valence-electron chi connectivity index (χ4n) is 0.907. The average molecular weight is 196 g/mol. The number of hydrogen-bond donors (Lipinski definition) is 2. The summed E-state index contributed by atoms with van der Waals surface area (Å²) in [5.74, 6) is 0. The average Bonchev–Trinajstić information content (AvgIpc) is 2.17. The lowest BCUT2D eigenvalue weighted by molar-refractivity contribution is 0.246. The molecule has 0 heterocycles. The summed E-state index contributed by atoms with van der Waals surface area (Å²) in [6, 6.07) is 9.63. The van der Waals surface area contributed by atoms with Crippen molar-refractivity contribution in [2.45, 2.75) is 6.54 Å². The topological polar surface area (TPSA) is 41.1 Å². The van der Waals surface area contributed by atoms with Gasteiger partial charge >= 0.3 is 6.03 Å². The van der Waals surface area contributed by atoms with Crippen molar-refractivity contribution in [1.82, 2.24) is 10.0 Å². The number of rotatable bonds is 3. The van der Waals surface area contributed by atoms with Gasteiger partial charge in [-0.05, 0) is 5.56 Å². The highest BCUT2D eigenvalue weighted by Gasteiger charge is 1.96.